The zero-order valence-corrected chi connectivity index (χ0v) is 10.4. The van der Waals surface area contributed by atoms with Crippen LogP contribution in [0.2, 0.25) is 0 Å². The van der Waals surface area contributed by atoms with Crippen molar-refractivity contribution in [1.82, 2.24) is 31.1 Å². The molecule has 1 aliphatic heterocycles. The standard InChI is InChI=1S/C11H13ClN6/c12-6-9-5-11(15-14-9)8-2-1-3-10(4-8)18-7-13-16-17-18/h1-4,7,9,11,14-15H,5-6H2. The summed E-state index contributed by atoms with van der Waals surface area (Å²) in [6.45, 7) is 0. The molecule has 94 valence electrons. The lowest BCUT2D eigenvalue weighted by Gasteiger charge is -2.11. The first-order valence-corrected chi connectivity index (χ1v) is 6.30. The van der Waals surface area contributed by atoms with Crippen molar-refractivity contribution < 1.29 is 0 Å². The number of aromatic nitrogens is 4. The summed E-state index contributed by atoms with van der Waals surface area (Å²) in [6, 6.07) is 8.72. The quantitative estimate of drug-likeness (QED) is 0.803. The fraction of sp³-hybridized carbons (Fsp3) is 0.364. The molecule has 0 spiro atoms. The van der Waals surface area contributed by atoms with E-state index in [9.17, 15) is 0 Å². The van der Waals surface area contributed by atoms with Crippen LogP contribution in [0.25, 0.3) is 5.69 Å². The van der Waals surface area contributed by atoms with Crippen LogP contribution in [0.1, 0.15) is 18.0 Å². The van der Waals surface area contributed by atoms with E-state index in [2.05, 4.69) is 38.5 Å². The van der Waals surface area contributed by atoms with Crippen LogP contribution in [0.15, 0.2) is 30.6 Å². The predicted molar refractivity (Wildman–Crippen MR) is 67.3 cm³/mol. The maximum absolute atomic E-state index is 5.84. The molecule has 1 aliphatic rings. The number of nitrogens with zero attached hydrogens (tertiary/aromatic N) is 4. The van der Waals surface area contributed by atoms with Gasteiger partial charge in [-0.25, -0.2) is 10.1 Å². The number of rotatable bonds is 3. The molecule has 2 heterocycles. The van der Waals surface area contributed by atoms with E-state index < -0.39 is 0 Å². The van der Waals surface area contributed by atoms with Crippen molar-refractivity contribution in [2.45, 2.75) is 18.5 Å². The van der Waals surface area contributed by atoms with E-state index in [-0.39, 0.29) is 6.04 Å². The van der Waals surface area contributed by atoms with Crippen molar-refractivity contribution in [2.24, 2.45) is 0 Å². The molecule has 0 aliphatic carbocycles. The summed E-state index contributed by atoms with van der Waals surface area (Å²) in [6.07, 6.45) is 2.56. The normalized spacial score (nSPS) is 23.4. The molecule has 2 unspecified atom stereocenters. The number of hydrazine groups is 1. The third-order valence-electron chi connectivity index (χ3n) is 3.05. The van der Waals surface area contributed by atoms with Crippen molar-refractivity contribution in [1.29, 1.82) is 0 Å². The Bertz CT molecular complexity index is 514. The monoisotopic (exact) mass is 264 g/mol. The fourth-order valence-corrected chi connectivity index (χ4v) is 2.31. The summed E-state index contributed by atoms with van der Waals surface area (Å²) >= 11 is 5.84. The molecule has 0 amide bonds. The van der Waals surface area contributed by atoms with Crippen LogP contribution in [0, 0.1) is 0 Å². The van der Waals surface area contributed by atoms with Crippen LogP contribution in [0.4, 0.5) is 0 Å². The van der Waals surface area contributed by atoms with Crippen LogP contribution in [-0.2, 0) is 0 Å². The Kier molecular flexibility index (Phi) is 3.22. The van der Waals surface area contributed by atoms with Gasteiger partial charge in [0.1, 0.15) is 6.33 Å². The van der Waals surface area contributed by atoms with Crippen LogP contribution < -0.4 is 10.9 Å². The molecular weight excluding hydrogens is 252 g/mol. The van der Waals surface area contributed by atoms with Gasteiger partial charge in [0.15, 0.2) is 0 Å². The molecule has 0 saturated carbocycles. The second kappa shape index (κ2) is 5.01. The Balaban J connectivity index is 1.84. The lowest BCUT2D eigenvalue weighted by molar-refractivity contribution is 0.562. The number of nitrogens with one attached hydrogen (secondary N) is 2. The van der Waals surface area contributed by atoms with Gasteiger partial charge in [0.05, 0.1) is 5.69 Å². The van der Waals surface area contributed by atoms with E-state index in [0.29, 0.717) is 11.9 Å². The Hall–Kier alpha value is -1.50. The van der Waals surface area contributed by atoms with E-state index in [1.807, 2.05) is 12.1 Å². The van der Waals surface area contributed by atoms with Gasteiger partial charge in [0.2, 0.25) is 0 Å². The Morgan fingerprint density at radius 1 is 1.39 bits per heavy atom. The number of hydrogen-bond acceptors (Lipinski definition) is 5. The first-order valence-electron chi connectivity index (χ1n) is 5.77. The van der Waals surface area contributed by atoms with Crippen LogP contribution >= 0.6 is 11.6 Å². The Morgan fingerprint density at radius 2 is 2.33 bits per heavy atom. The molecule has 0 radical (unpaired) electrons. The maximum atomic E-state index is 5.84. The molecular formula is C11H13ClN6. The largest absolute Gasteiger partial charge is 0.253 e. The van der Waals surface area contributed by atoms with Gasteiger partial charge < -0.3 is 0 Å². The van der Waals surface area contributed by atoms with Crippen molar-refractivity contribution in [3.63, 3.8) is 0 Å². The molecule has 2 N–H and O–H groups in total. The predicted octanol–water partition coefficient (Wildman–Crippen LogP) is 0.809. The molecule has 3 rings (SSSR count). The highest BCUT2D eigenvalue weighted by Gasteiger charge is 2.24. The topological polar surface area (TPSA) is 67.7 Å². The SMILES string of the molecule is ClCC1CC(c2cccc(-n3cnnn3)c2)NN1. The smallest absolute Gasteiger partial charge is 0.143 e. The van der Waals surface area contributed by atoms with Crippen LogP contribution in [0.3, 0.4) is 0 Å². The lowest BCUT2D eigenvalue weighted by Crippen LogP contribution is -2.31. The van der Waals surface area contributed by atoms with Crippen molar-refractivity contribution >= 4 is 11.6 Å². The zero-order valence-electron chi connectivity index (χ0n) is 9.62. The molecule has 6 nitrogen and oxygen atoms in total. The highest BCUT2D eigenvalue weighted by molar-refractivity contribution is 6.18. The number of halogens is 1. The first-order chi connectivity index (χ1) is 8.86. The van der Waals surface area contributed by atoms with Crippen molar-refractivity contribution in [3.05, 3.63) is 36.2 Å². The molecule has 1 fully saturated rings. The van der Waals surface area contributed by atoms with Gasteiger partial charge in [-0.2, -0.15) is 0 Å². The highest BCUT2D eigenvalue weighted by Crippen LogP contribution is 2.24. The summed E-state index contributed by atoms with van der Waals surface area (Å²) < 4.78 is 1.64. The van der Waals surface area contributed by atoms with Gasteiger partial charge in [-0.3, -0.25) is 5.43 Å². The summed E-state index contributed by atoms with van der Waals surface area (Å²) in [5.41, 5.74) is 8.58. The first kappa shape index (κ1) is 11.6. The number of tetrazole rings is 1. The summed E-state index contributed by atoms with van der Waals surface area (Å²) in [5.74, 6) is 0.607. The van der Waals surface area contributed by atoms with E-state index in [0.717, 1.165) is 12.1 Å². The van der Waals surface area contributed by atoms with Gasteiger partial charge in [0, 0.05) is 18.0 Å². The minimum atomic E-state index is 0.269. The summed E-state index contributed by atoms with van der Waals surface area (Å²) in [7, 11) is 0. The number of alkyl halides is 1. The number of benzene rings is 1. The molecule has 1 aromatic carbocycles. The average molecular weight is 265 g/mol. The van der Waals surface area contributed by atoms with E-state index in [4.69, 9.17) is 11.6 Å². The second-order valence-corrected chi connectivity index (χ2v) is 4.59. The molecule has 1 aromatic heterocycles. The highest BCUT2D eigenvalue weighted by atomic mass is 35.5. The maximum Gasteiger partial charge on any atom is 0.143 e. The molecule has 2 aromatic rings. The van der Waals surface area contributed by atoms with Crippen LogP contribution in [-0.4, -0.2) is 32.1 Å². The summed E-state index contributed by atoms with van der Waals surface area (Å²) in [4.78, 5) is 0. The minimum absolute atomic E-state index is 0.269. The molecule has 7 heteroatoms. The number of hydrogen-bond donors (Lipinski definition) is 2. The van der Waals surface area contributed by atoms with Gasteiger partial charge in [-0.15, -0.1) is 16.7 Å². The van der Waals surface area contributed by atoms with Crippen molar-refractivity contribution in [3.8, 4) is 5.69 Å². The van der Waals surface area contributed by atoms with Crippen molar-refractivity contribution in [2.75, 3.05) is 5.88 Å². The van der Waals surface area contributed by atoms with Gasteiger partial charge in [-0.1, -0.05) is 12.1 Å². The van der Waals surface area contributed by atoms with Gasteiger partial charge >= 0.3 is 0 Å². The molecule has 2 atom stereocenters. The average Bonchev–Trinajstić information content (AvgIpc) is 3.10. The zero-order chi connectivity index (χ0) is 12.4. The minimum Gasteiger partial charge on any atom is -0.253 e. The molecule has 1 saturated heterocycles. The molecule has 18 heavy (non-hydrogen) atoms. The third kappa shape index (κ3) is 2.22. The lowest BCUT2D eigenvalue weighted by atomic mass is 10.0. The Labute approximate surface area is 109 Å². The van der Waals surface area contributed by atoms with Gasteiger partial charge in [-0.05, 0) is 34.5 Å². The van der Waals surface area contributed by atoms with E-state index >= 15 is 0 Å². The third-order valence-corrected chi connectivity index (χ3v) is 3.43. The van der Waals surface area contributed by atoms with E-state index in [1.54, 1.807) is 11.0 Å². The second-order valence-electron chi connectivity index (χ2n) is 4.28. The summed E-state index contributed by atoms with van der Waals surface area (Å²) in [5, 5.41) is 11.2. The fourth-order valence-electron chi connectivity index (χ4n) is 2.11. The van der Waals surface area contributed by atoms with E-state index in [1.165, 1.54) is 5.56 Å². The van der Waals surface area contributed by atoms with Crippen LogP contribution in [0.5, 0.6) is 0 Å². The molecule has 0 bridgehead atoms. The van der Waals surface area contributed by atoms with Gasteiger partial charge in [0.25, 0.3) is 0 Å². The Morgan fingerprint density at radius 3 is 3.06 bits per heavy atom.